The fraction of sp³-hybridized carbons (Fsp3) is 0.353. The number of aromatic nitrogens is 2. The summed E-state index contributed by atoms with van der Waals surface area (Å²) >= 11 is 0. The number of benzene rings is 1. The number of nitrogens with zero attached hydrogens (tertiary/aromatic N) is 2. The minimum Gasteiger partial charge on any atom is -0.379 e. The van der Waals surface area contributed by atoms with Crippen molar-refractivity contribution in [3.05, 3.63) is 47.3 Å². The van der Waals surface area contributed by atoms with Gasteiger partial charge in [0.25, 0.3) is 11.8 Å². The van der Waals surface area contributed by atoms with Gasteiger partial charge in [0.05, 0.1) is 25.1 Å². The summed E-state index contributed by atoms with van der Waals surface area (Å²) < 4.78 is 32.7. The molecule has 1 aliphatic rings. The normalized spacial score (nSPS) is 14.7. The zero-order chi connectivity index (χ0) is 19.2. The lowest BCUT2D eigenvalue weighted by molar-refractivity contribution is 0.0383. The Balaban J connectivity index is 0.00000280. The van der Waals surface area contributed by atoms with Crippen molar-refractivity contribution >= 4 is 17.5 Å². The van der Waals surface area contributed by atoms with Gasteiger partial charge in [0.1, 0.15) is 22.9 Å². The zero-order valence-corrected chi connectivity index (χ0v) is 14.4. The van der Waals surface area contributed by atoms with Crippen molar-refractivity contribution < 1.29 is 24.5 Å². The van der Waals surface area contributed by atoms with Gasteiger partial charge in [-0.2, -0.15) is 5.10 Å². The van der Waals surface area contributed by atoms with E-state index in [1.54, 1.807) is 0 Å². The van der Waals surface area contributed by atoms with Crippen molar-refractivity contribution in [1.29, 1.82) is 0 Å². The lowest BCUT2D eigenvalue weighted by Crippen LogP contribution is -2.41. The highest BCUT2D eigenvalue weighted by molar-refractivity contribution is 6.08. The monoisotopic (exact) mass is 381 g/mol. The van der Waals surface area contributed by atoms with Crippen LogP contribution in [-0.2, 0) is 4.74 Å². The van der Waals surface area contributed by atoms with Crippen molar-refractivity contribution in [2.45, 2.75) is 0 Å². The van der Waals surface area contributed by atoms with Gasteiger partial charge < -0.3 is 15.4 Å². The standard InChI is InChI=1S/C17H19F2N5O3.H2/c18-11-2-1-3-12(19)14(11)16(25)22-13-10-21-23-15(13)17(26)20-4-5-24-6-8-27-9-7-24;/h1-3,10H,4-9H2,(H,20,26)(H,21,23)(H,22,25);1H. The predicted molar refractivity (Wildman–Crippen MR) is 94.6 cm³/mol. The molecular weight excluding hydrogens is 360 g/mol. The Kier molecular flexibility index (Phi) is 6.09. The summed E-state index contributed by atoms with van der Waals surface area (Å²) in [5.74, 6) is -3.47. The van der Waals surface area contributed by atoms with Crippen LogP contribution >= 0.6 is 0 Å². The molecule has 0 aliphatic carbocycles. The summed E-state index contributed by atoms with van der Waals surface area (Å²) in [6.07, 6.45) is 1.20. The molecule has 0 radical (unpaired) electrons. The van der Waals surface area contributed by atoms with Crippen LogP contribution in [0.15, 0.2) is 24.4 Å². The second-order valence-electron chi connectivity index (χ2n) is 5.92. The van der Waals surface area contributed by atoms with Crippen molar-refractivity contribution in [3.63, 3.8) is 0 Å². The van der Waals surface area contributed by atoms with Crippen molar-refractivity contribution in [2.75, 3.05) is 44.7 Å². The van der Waals surface area contributed by atoms with Crippen molar-refractivity contribution in [2.24, 2.45) is 0 Å². The summed E-state index contributed by atoms with van der Waals surface area (Å²) in [6, 6.07) is 3.12. The SMILES string of the molecule is O=C(NCCN1CCOCC1)c1[nH]ncc1NC(=O)c1c(F)cccc1F.[HH]. The van der Waals surface area contributed by atoms with E-state index in [1.165, 1.54) is 6.20 Å². The number of carbonyl (C=O) groups is 2. The van der Waals surface area contributed by atoms with Crippen molar-refractivity contribution in [1.82, 2.24) is 20.4 Å². The molecule has 10 heteroatoms. The Morgan fingerprint density at radius 1 is 1.22 bits per heavy atom. The summed E-state index contributed by atoms with van der Waals surface area (Å²) in [7, 11) is 0. The number of carbonyl (C=O) groups excluding carboxylic acids is 2. The molecule has 0 unspecified atom stereocenters. The first-order valence-corrected chi connectivity index (χ1v) is 8.43. The smallest absolute Gasteiger partial charge is 0.271 e. The van der Waals surface area contributed by atoms with Gasteiger partial charge in [0, 0.05) is 27.6 Å². The Morgan fingerprint density at radius 3 is 2.63 bits per heavy atom. The van der Waals surface area contributed by atoms with Gasteiger partial charge in [0.2, 0.25) is 0 Å². The van der Waals surface area contributed by atoms with Gasteiger partial charge in [-0.25, -0.2) is 8.78 Å². The van der Waals surface area contributed by atoms with E-state index in [-0.39, 0.29) is 12.8 Å². The lowest BCUT2D eigenvalue weighted by Gasteiger charge is -2.26. The number of halogens is 2. The van der Waals surface area contributed by atoms with E-state index >= 15 is 0 Å². The number of amides is 2. The van der Waals surface area contributed by atoms with E-state index in [2.05, 4.69) is 25.7 Å². The molecule has 2 amide bonds. The molecular formula is C17H21F2N5O3. The second-order valence-corrected chi connectivity index (χ2v) is 5.92. The van der Waals surface area contributed by atoms with E-state index < -0.39 is 29.0 Å². The Bertz CT molecular complexity index is 807. The van der Waals surface area contributed by atoms with Crippen LogP contribution in [0.3, 0.4) is 0 Å². The third-order valence-corrected chi connectivity index (χ3v) is 4.12. The number of aromatic amines is 1. The maximum atomic E-state index is 13.7. The highest BCUT2D eigenvalue weighted by atomic mass is 19.1. The molecule has 3 rings (SSSR count). The Hall–Kier alpha value is -2.85. The largest absolute Gasteiger partial charge is 0.379 e. The first-order valence-electron chi connectivity index (χ1n) is 8.43. The number of morpholine rings is 1. The second kappa shape index (κ2) is 8.69. The Labute approximate surface area is 155 Å². The molecule has 27 heavy (non-hydrogen) atoms. The number of H-pyrrole nitrogens is 1. The average Bonchev–Trinajstić information content (AvgIpc) is 3.10. The van der Waals surface area contributed by atoms with Gasteiger partial charge >= 0.3 is 0 Å². The Morgan fingerprint density at radius 2 is 1.93 bits per heavy atom. The highest BCUT2D eigenvalue weighted by Crippen LogP contribution is 2.17. The third-order valence-electron chi connectivity index (χ3n) is 4.12. The fourth-order valence-corrected chi connectivity index (χ4v) is 2.69. The first-order chi connectivity index (χ1) is 13.1. The number of rotatable bonds is 6. The van der Waals surface area contributed by atoms with Crippen LogP contribution in [0.4, 0.5) is 14.5 Å². The van der Waals surface area contributed by atoms with Crippen molar-refractivity contribution in [3.8, 4) is 0 Å². The van der Waals surface area contributed by atoms with E-state index in [9.17, 15) is 18.4 Å². The van der Waals surface area contributed by atoms with Crippen LogP contribution in [0.2, 0.25) is 0 Å². The molecule has 1 aromatic heterocycles. The maximum absolute atomic E-state index is 13.7. The lowest BCUT2D eigenvalue weighted by atomic mass is 10.2. The minimum atomic E-state index is -1.01. The maximum Gasteiger partial charge on any atom is 0.271 e. The molecule has 0 spiro atoms. The average molecular weight is 381 g/mol. The quantitative estimate of drug-likeness (QED) is 0.699. The van der Waals surface area contributed by atoms with Crippen LogP contribution in [0.25, 0.3) is 0 Å². The van der Waals surface area contributed by atoms with E-state index in [0.717, 1.165) is 31.3 Å². The third kappa shape index (κ3) is 4.66. The molecule has 0 saturated carbocycles. The zero-order valence-electron chi connectivity index (χ0n) is 14.4. The molecule has 1 fully saturated rings. The van der Waals surface area contributed by atoms with Gasteiger partial charge in [-0.15, -0.1) is 0 Å². The highest BCUT2D eigenvalue weighted by Gasteiger charge is 2.21. The molecule has 8 nitrogen and oxygen atoms in total. The molecule has 1 aliphatic heterocycles. The van der Waals surface area contributed by atoms with Gasteiger partial charge in [0.15, 0.2) is 0 Å². The molecule has 1 saturated heterocycles. The van der Waals surface area contributed by atoms with Gasteiger partial charge in [-0.3, -0.25) is 19.6 Å². The molecule has 0 bridgehead atoms. The predicted octanol–water partition coefficient (Wildman–Crippen LogP) is 1.25. The molecule has 3 N–H and O–H groups in total. The number of hydrogen-bond donors (Lipinski definition) is 3. The van der Waals surface area contributed by atoms with Crippen LogP contribution < -0.4 is 10.6 Å². The summed E-state index contributed by atoms with van der Waals surface area (Å²) in [6.45, 7) is 3.98. The van der Waals surface area contributed by atoms with E-state index in [1.807, 2.05) is 0 Å². The molecule has 2 aromatic rings. The number of hydrogen-bond acceptors (Lipinski definition) is 5. The number of nitrogens with one attached hydrogen (secondary N) is 3. The summed E-state index contributed by atoms with van der Waals surface area (Å²) in [4.78, 5) is 26.6. The number of anilines is 1. The molecule has 1 aromatic carbocycles. The fourth-order valence-electron chi connectivity index (χ4n) is 2.69. The van der Waals surface area contributed by atoms with E-state index in [4.69, 9.17) is 4.74 Å². The van der Waals surface area contributed by atoms with Crippen LogP contribution in [0.1, 0.15) is 22.3 Å². The first kappa shape index (κ1) is 18.9. The topological polar surface area (TPSA) is 99.3 Å². The summed E-state index contributed by atoms with van der Waals surface area (Å²) in [5, 5.41) is 11.2. The van der Waals surface area contributed by atoms with Crippen LogP contribution in [0, 0.1) is 11.6 Å². The van der Waals surface area contributed by atoms with Gasteiger partial charge in [-0.05, 0) is 12.1 Å². The van der Waals surface area contributed by atoms with Crippen LogP contribution in [0.5, 0.6) is 0 Å². The summed E-state index contributed by atoms with van der Waals surface area (Å²) in [5.41, 5.74) is -0.689. The minimum absolute atomic E-state index is 0. The van der Waals surface area contributed by atoms with Crippen LogP contribution in [-0.4, -0.2) is 66.3 Å². The molecule has 146 valence electrons. The van der Waals surface area contributed by atoms with E-state index in [0.29, 0.717) is 26.3 Å². The number of ether oxygens (including phenoxy) is 1. The molecule has 0 atom stereocenters. The molecule has 2 heterocycles. The van der Waals surface area contributed by atoms with Gasteiger partial charge in [-0.1, -0.05) is 6.07 Å².